The maximum atomic E-state index is 11.4. The van der Waals surface area contributed by atoms with E-state index >= 15 is 0 Å². The molecular formula is C12H13N3O4. The molecule has 0 spiro atoms. The fourth-order valence-electron chi connectivity index (χ4n) is 1.12. The van der Waals surface area contributed by atoms with Gasteiger partial charge in [-0.2, -0.15) is 0 Å². The Morgan fingerprint density at radius 1 is 1.05 bits per heavy atom. The van der Waals surface area contributed by atoms with Crippen molar-refractivity contribution in [3.05, 3.63) is 42.5 Å². The summed E-state index contributed by atoms with van der Waals surface area (Å²) in [6.07, 6.45) is 2.03. The van der Waals surface area contributed by atoms with Gasteiger partial charge in [-0.15, -0.1) is 0 Å². The predicted molar refractivity (Wildman–Crippen MR) is 67.2 cm³/mol. The maximum Gasteiger partial charge on any atom is 0.262 e. The molecule has 0 aliphatic rings. The van der Waals surface area contributed by atoms with Gasteiger partial charge in [-0.25, -0.2) is 5.48 Å². The summed E-state index contributed by atoms with van der Waals surface area (Å²) in [5, 5.41) is 12.9. The van der Waals surface area contributed by atoms with Gasteiger partial charge in [0.2, 0.25) is 11.8 Å². The molecule has 100 valence electrons. The number of hydroxylamine groups is 1. The molecule has 0 saturated carbocycles. The van der Waals surface area contributed by atoms with Gasteiger partial charge in [0.1, 0.15) is 0 Å². The van der Waals surface area contributed by atoms with Gasteiger partial charge >= 0.3 is 0 Å². The number of anilines is 1. The molecule has 7 heteroatoms. The molecule has 19 heavy (non-hydrogen) atoms. The van der Waals surface area contributed by atoms with Gasteiger partial charge in [-0.05, 0) is 12.1 Å². The van der Waals surface area contributed by atoms with E-state index in [4.69, 9.17) is 5.21 Å². The Balaban J connectivity index is 2.37. The lowest BCUT2D eigenvalue weighted by Crippen LogP contribution is -2.34. The Labute approximate surface area is 109 Å². The third-order valence-electron chi connectivity index (χ3n) is 1.98. The Morgan fingerprint density at radius 3 is 2.32 bits per heavy atom. The first-order valence-electron chi connectivity index (χ1n) is 5.36. The number of hydrogen-bond acceptors (Lipinski definition) is 4. The fraction of sp³-hybridized carbons (Fsp3) is 0.0833. The van der Waals surface area contributed by atoms with E-state index in [9.17, 15) is 14.4 Å². The fourth-order valence-corrected chi connectivity index (χ4v) is 1.12. The second kappa shape index (κ2) is 7.62. The van der Waals surface area contributed by atoms with Crippen LogP contribution in [0.1, 0.15) is 0 Å². The molecule has 0 aromatic heterocycles. The van der Waals surface area contributed by atoms with E-state index in [0.717, 1.165) is 12.2 Å². The largest absolute Gasteiger partial charge is 0.343 e. The number of hydrogen-bond donors (Lipinski definition) is 4. The van der Waals surface area contributed by atoms with Gasteiger partial charge in [0.25, 0.3) is 5.91 Å². The van der Waals surface area contributed by atoms with Gasteiger partial charge in [-0.1, -0.05) is 18.2 Å². The number of rotatable bonds is 5. The van der Waals surface area contributed by atoms with E-state index in [1.807, 2.05) is 6.07 Å². The van der Waals surface area contributed by atoms with Crippen molar-refractivity contribution in [1.29, 1.82) is 0 Å². The number of benzene rings is 1. The first-order chi connectivity index (χ1) is 9.11. The first-order valence-corrected chi connectivity index (χ1v) is 5.36. The smallest absolute Gasteiger partial charge is 0.262 e. The van der Waals surface area contributed by atoms with Crippen LogP contribution in [0.2, 0.25) is 0 Å². The quantitative estimate of drug-likeness (QED) is 0.335. The molecule has 1 rings (SSSR count). The van der Waals surface area contributed by atoms with Crippen molar-refractivity contribution in [2.24, 2.45) is 0 Å². The van der Waals surface area contributed by atoms with Gasteiger partial charge in [-0.3, -0.25) is 19.6 Å². The molecule has 0 unspecified atom stereocenters. The Hall–Kier alpha value is -2.67. The molecule has 0 radical (unpaired) electrons. The molecule has 0 aliphatic heterocycles. The zero-order valence-electron chi connectivity index (χ0n) is 9.92. The van der Waals surface area contributed by atoms with Crippen LogP contribution < -0.4 is 16.1 Å². The zero-order chi connectivity index (χ0) is 14.1. The summed E-state index contributed by atoms with van der Waals surface area (Å²) in [7, 11) is 0. The second-order valence-corrected chi connectivity index (χ2v) is 3.44. The van der Waals surface area contributed by atoms with Crippen LogP contribution in [0.25, 0.3) is 0 Å². The molecular weight excluding hydrogens is 250 g/mol. The zero-order valence-corrected chi connectivity index (χ0v) is 9.92. The van der Waals surface area contributed by atoms with E-state index in [-0.39, 0.29) is 6.54 Å². The molecule has 0 aliphatic carbocycles. The third kappa shape index (κ3) is 5.99. The number of nitrogens with one attached hydrogen (secondary N) is 3. The van der Waals surface area contributed by atoms with E-state index in [1.54, 1.807) is 24.3 Å². The lowest BCUT2D eigenvalue weighted by Gasteiger charge is -2.01. The molecule has 1 aromatic carbocycles. The van der Waals surface area contributed by atoms with Gasteiger partial charge in [0.15, 0.2) is 0 Å². The summed E-state index contributed by atoms with van der Waals surface area (Å²) in [4.78, 5) is 33.2. The van der Waals surface area contributed by atoms with Crippen molar-refractivity contribution in [3.63, 3.8) is 0 Å². The number of carbonyl (C=O) groups excluding carboxylic acids is 3. The second-order valence-electron chi connectivity index (χ2n) is 3.44. The van der Waals surface area contributed by atoms with Crippen LogP contribution >= 0.6 is 0 Å². The van der Waals surface area contributed by atoms with Crippen molar-refractivity contribution < 1.29 is 19.6 Å². The summed E-state index contributed by atoms with van der Waals surface area (Å²) in [5.41, 5.74) is 1.97. The normalized spacial score (nSPS) is 9.95. The van der Waals surface area contributed by atoms with E-state index < -0.39 is 17.7 Å². The minimum atomic E-state index is -0.754. The lowest BCUT2D eigenvalue weighted by atomic mass is 10.3. The Morgan fingerprint density at radius 2 is 1.68 bits per heavy atom. The number of amides is 3. The average Bonchev–Trinajstić information content (AvgIpc) is 2.43. The Kier molecular flexibility index (Phi) is 5.77. The van der Waals surface area contributed by atoms with Crippen molar-refractivity contribution in [2.45, 2.75) is 0 Å². The summed E-state index contributed by atoms with van der Waals surface area (Å²) >= 11 is 0. The van der Waals surface area contributed by atoms with Crippen LogP contribution in [0.5, 0.6) is 0 Å². The van der Waals surface area contributed by atoms with Crippen LogP contribution in [0, 0.1) is 0 Å². The van der Waals surface area contributed by atoms with Crippen LogP contribution in [0.3, 0.4) is 0 Å². The van der Waals surface area contributed by atoms with Crippen LogP contribution in [0.4, 0.5) is 5.69 Å². The average molecular weight is 263 g/mol. The number of para-hydroxylation sites is 1. The SMILES string of the molecule is O=C(/C=C/C(=O)Nc1ccccc1)NCC(=O)NO. The monoisotopic (exact) mass is 263 g/mol. The van der Waals surface area contributed by atoms with Crippen molar-refractivity contribution >= 4 is 23.4 Å². The van der Waals surface area contributed by atoms with E-state index in [2.05, 4.69) is 10.6 Å². The topological polar surface area (TPSA) is 108 Å². The molecule has 0 bridgehead atoms. The lowest BCUT2D eigenvalue weighted by molar-refractivity contribution is -0.130. The molecule has 0 saturated heterocycles. The highest BCUT2D eigenvalue weighted by Crippen LogP contribution is 2.04. The number of carbonyl (C=O) groups is 3. The highest BCUT2D eigenvalue weighted by atomic mass is 16.5. The van der Waals surface area contributed by atoms with E-state index in [0.29, 0.717) is 5.69 Å². The highest BCUT2D eigenvalue weighted by Gasteiger charge is 2.02. The van der Waals surface area contributed by atoms with Crippen molar-refractivity contribution in [1.82, 2.24) is 10.8 Å². The highest BCUT2D eigenvalue weighted by molar-refractivity contribution is 6.03. The summed E-state index contributed by atoms with van der Waals surface area (Å²) < 4.78 is 0. The summed E-state index contributed by atoms with van der Waals surface area (Å²) in [6, 6.07) is 8.75. The minimum Gasteiger partial charge on any atom is -0.343 e. The standard InChI is InChI=1S/C12H13N3O4/c16-10(13-8-12(18)15-19)6-7-11(17)14-9-4-2-1-3-5-9/h1-7,19H,8H2,(H,13,16)(H,14,17)(H,15,18)/b7-6+. The van der Waals surface area contributed by atoms with Crippen molar-refractivity contribution in [3.8, 4) is 0 Å². The first kappa shape index (κ1) is 14.4. The molecule has 0 heterocycles. The van der Waals surface area contributed by atoms with Crippen LogP contribution in [-0.4, -0.2) is 29.5 Å². The predicted octanol–water partition coefficient (Wildman–Crippen LogP) is -0.197. The van der Waals surface area contributed by atoms with Gasteiger partial charge in [0, 0.05) is 17.8 Å². The van der Waals surface area contributed by atoms with Gasteiger partial charge < -0.3 is 10.6 Å². The van der Waals surface area contributed by atoms with Gasteiger partial charge in [0.05, 0.1) is 6.54 Å². The maximum absolute atomic E-state index is 11.4. The van der Waals surface area contributed by atoms with E-state index in [1.165, 1.54) is 5.48 Å². The Bertz CT molecular complexity index is 485. The van der Waals surface area contributed by atoms with Crippen molar-refractivity contribution in [2.75, 3.05) is 11.9 Å². The minimum absolute atomic E-state index is 0.375. The molecule has 0 atom stereocenters. The van der Waals surface area contributed by atoms with Crippen LogP contribution in [0.15, 0.2) is 42.5 Å². The third-order valence-corrected chi connectivity index (χ3v) is 1.98. The summed E-state index contributed by atoms with van der Waals surface area (Å²) in [5.74, 6) is -1.84. The molecule has 3 amide bonds. The summed E-state index contributed by atoms with van der Waals surface area (Å²) in [6.45, 7) is -0.375. The molecule has 7 nitrogen and oxygen atoms in total. The van der Waals surface area contributed by atoms with Crippen LogP contribution in [-0.2, 0) is 14.4 Å². The molecule has 1 aromatic rings. The molecule has 4 N–H and O–H groups in total. The molecule has 0 fully saturated rings.